The van der Waals surface area contributed by atoms with Gasteiger partial charge in [-0.1, -0.05) is 12.1 Å². The van der Waals surface area contributed by atoms with Crippen molar-refractivity contribution in [3.05, 3.63) is 60.1 Å². The fraction of sp³-hybridized carbons (Fsp3) is 0.222. The molecule has 0 saturated heterocycles. The number of benzene rings is 1. The number of carbonyl (C=O) groups excluding carboxylic acids is 1. The van der Waals surface area contributed by atoms with Crippen LogP contribution >= 0.6 is 0 Å². The SMILES string of the molecule is CCOc1cccc2cc([C@@H](C)NC(=O)c3cccnc3)oc12. The molecule has 3 rings (SSSR count). The second kappa shape index (κ2) is 6.52. The average Bonchev–Trinajstić information content (AvgIpc) is 3.01. The molecule has 0 aliphatic rings. The monoisotopic (exact) mass is 310 g/mol. The molecule has 2 aromatic heterocycles. The third-order valence-corrected chi connectivity index (χ3v) is 3.52. The van der Waals surface area contributed by atoms with Crippen molar-refractivity contribution in [1.29, 1.82) is 0 Å². The molecule has 118 valence electrons. The molecule has 0 unspecified atom stereocenters. The molecule has 0 fully saturated rings. The lowest BCUT2D eigenvalue weighted by atomic mass is 10.2. The zero-order valence-electron chi connectivity index (χ0n) is 13.1. The molecule has 1 amide bonds. The molecule has 5 nitrogen and oxygen atoms in total. The van der Waals surface area contributed by atoms with Crippen LogP contribution in [0, 0.1) is 0 Å². The fourth-order valence-corrected chi connectivity index (χ4v) is 2.39. The maximum absolute atomic E-state index is 12.2. The van der Waals surface area contributed by atoms with E-state index in [9.17, 15) is 4.79 Å². The minimum absolute atomic E-state index is 0.184. The van der Waals surface area contributed by atoms with Crippen molar-refractivity contribution in [3.63, 3.8) is 0 Å². The van der Waals surface area contributed by atoms with E-state index in [4.69, 9.17) is 9.15 Å². The summed E-state index contributed by atoms with van der Waals surface area (Å²) >= 11 is 0. The summed E-state index contributed by atoms with van der Waals surface area (Å²) in [5, 5.41) is 3.86. The highest BCUT2D eigenvalue weighted by atomic mass is 16.5. The minimum atomic E-state index is -0.260. The van der Waals surface area contributed by atoms with Crippen LogP contribution < -0.4 is 10.1 Å². The van der Waals surface area contributed by atoms with Crippen molar-refractivity contribution < 1.29 is 13.9 Å². The third kappa shape index (κ3) is 3.18. The predicted molar refractivity (Wildman–Crippen MR) is 87.5 cm³/mol. The molecule has 0 radical (unpaired) electrons. The van der Waals surface area contributed by atoms with Crippen molar-refractivity contribution in [1.82, 2.24) is 10.3 Å². The smallest absolute Gasteiger partial charge is 0.253 e. The van der Waals surface area contributed by atoms with Gasteiger partial charge in [-0.25, -0.2) is 0 Å². The molecule has 0 spiro atoms. The van der Waals surface area contributed by atoms with Crippen molar-refractivity contribution in [3.8, 4) is 5.75 Å². The Balaban J connectivity index is 1.82. The van der Waals surface area contributed by atoms with Crippen molar-refractivity contribution >= 4 is 16.9 Å². The molecule has 23 heavy (non-hydrogen) atoms. The number of rotatable bonds is 5. The van der Waals surface area contributed by atoms with Crippen LogP contribution in [-0.2, 0) is 0 Å². The lowest BCUT2D eigenvalue weighted by molar-refractivity contribution is 0.0935. The number of ether oxygens (including phenoxy) is 1. The van der Waals surface area contributed by atoms with E-state index in [1.165, 1.54) is 6.20 Å². The number of hydrogen-bond acceptors (Lipinski definition) is 4. The molecule has 1 aromatic carbocycles. The first-order valence-electron chi connectivity index (χ1n) is 7.55. The Bertz CT molecular complexity index is 812. The van der Waals surface area contributed by atoms with Gasteiger partial charge in [0.05, 0.1) is 18.2 Å². The summed E-state index contributed by atoms with van der Waals surface area (Å²) in [4.78, 5) is 16.1. The maximum Gasteiger partial charge on any atom is 0.253 e. The number of para-hydroxylation sites is 1. The van der Waals surface area contributed by atoms with Gasteiger partial charge in [0.1, 0.15) is 5.76 Å². The molecule has 3 aromatic rings. The lowest BCUT2D eigenvalue weighted by Crippen LogP contribution is -2.26. The van der Waals surface area contributed by atoms with Crippen LogP contribution in [-0.4, -0.2) is 17.5 Å². The highest BCUT2D eigenvalue weighted by molar-refractivity contribution is 5.94. The molecule has 5 heteroatoms. The van der Waals surface area contributed by atoms with Gasteiger partial charge in [-0.3, -0.25) is 9.78 Å². The van der Waals surface area contributed by atoms with Crippen molar-refractivity contribution in [2.24, 2.45) is 0 Å². The van der Waals surface area contributed by atoms with Gasteiger partial charge in [0, 0.05) is 17.8 Å². The molecular weight excluding hydrogens is 292 g/mol. The standard InChI is InChI=1S/C18H18N2O3/c1-3-22-15-8-4-6-13-10-16(23-17(13)15)12(2)20-18(21)14-7-5-9-19-11-14/h4-12H,3H2,1-2H3,(H,20,21)/t12-/m1/s1. The van der Waals surface area contributed by atoms with E-state index in [0.717, 1.165) is 5.39 Å². The first-order chi connectivity index (χ1) is 11.2. The van der Waals surface area contributed by atoms with Crippen LogP contribution in [0.4, 0.5) is 0 Å². The lowest BCUT2D eigenvalue weighted by Gasteiger charge is -2.11. The number of furan rings is 1. The van der Waals surface area contributed by atoms with Crippen LogP contribution in [0.1, 0.15) is 36.0 Å². The van der Waals surface area contributed by atoms with Crippen LogP contribution in [0.3, 0.4) is 0 Å². The number of carbonyl (C=O) groups is 1. The van der Waals surface area contributed by atoms with Gasteiger partial charge >= 0.3 is 0 Å². The zero-order chi connectivity index (χ0) is 16.2. The Morgan fingerprint density at radius 1 is 1.35 bits per heavy atom. The number of amides is 1. The van der Waals surface area contributed by atoms with Gasteiger partial charge in [-0.15, -0.1) is 0 Å². The number of fused-ring (bicyclic) bond motifs is 1. The van der Waals surface area contributed by atoms with Crippen molar-refractivity contribution in [2.45, 2.75) is 19.9 Å². The number of aromatic nitrogens is 1. The summed E-state index contributed by atoms with van der Waals surface area (Å²) in [5.74, 6) is 1.21. The van der Waals surface area contributed by atoms with E-state index in [2.05, 4.69) is 10.3 Å². The largest absolute Gasteiger partial charge is 0.490 e. The van der Waals surface area contributed by atoms with Gasteiger partial charge in [0.15, 0.2) is 11.3 Å². The molecule has 0 aliphatic heterocycles. The Labute approximate surface area is 134 Å². The average molecular weight is 310 g/mol. The molecule has 0 saturated carbocycles. The Hall–Kier alpha value is -2.82. The number of hydrogen-bond donors (Lipinski definition) is 1. The van der Waals surface area contributed by atoms with E-state index < -0.39 is 0 Å². The second-order valence-corrected chi connectivity index (χ2v) is 5.19. The molecule has 0 bridgehead atoms. The molecule has 1 atom stereocenters. The number of nitrogens with zero attached hydrogens (tertiary/aromatic N) is 1. The van der Waals surface area contributed by atoms with E-state index in [1.54, 1.807) is 18.3 Å². The Morgan fingerprint density at radius 2 is 2.22 bits per heavy atom. The van der Waals surface area contributed by atoms with Crippen LogP contribution in [0.25, 0.3) is 11.0 Å². The molecular formula is C18H18N2O3. The van der Waals surface area contributed by atoms with Crippen molar-refractivity contribution in [2.75, 3.05) is 6.61 Å². The third-order valence-electron chi connectivity index (χ3n) is 3.52. The van der Waals surface area contributed by atoms with E-state index in [0.29, 0.717) is 29.3 Å². The Morgan fingerprint density at radius 3 is 2.96 bits per heavy atom. The summed E-state index contributed by atoms with van der Waals surface area (Å²) in [6, 6.07) is 10.9. The summed E-state index contributed by atoms with van der Waals surface area (Å²) in [5.41, 5.74) is 1.22. The van der Waals surface area contributed by atoms with Crippen LogP contribution in [0.5, 0.6) is 5.75 Å². The summed E-state index contributed by atoms with van der Waals surface area (Å²) in [6.45, 7) is 4.38. The van der Waals surface area contributed by atoms with Gasteiger partial charge in [-0.2, -0.15) is 0 Å². The van der Waals surface area contributed by atoms with E-state index in [-0.39, 0.29) is 11.9 Å². The summed E-state index contributed by atoms with van der Waals surface area (Å²) < 4.78 is 11.5. The van der Waals surface area contributed by atoms with Crippen LogP contribution in [0.2, 0.25) is 0 Å². The fourth-order valence-electron chi connectivity index (χ4n) is 2.39. The van der Waals surface area contributed by atoms with Gasteiger partial charge < -0.3 is 14.5 Å². The minimum Gasteiger partial charge on any atom is -0.490 e. The zero-order valence-corrected chi connectivity index (χ0v) is 13.1. The second-order valence-electron chi connectivity index (χ2n) is 5.19. The normalized spacial score (nSPS) is 12.1. The number of pyridine rings is 1. The molecule has 0 aliphatic carbocycles. The quantitative estimate of drug-likeness (QED) is 0.780. The van der Waals surface area contributed by atoms with E-state index in [1.807, 2.05) is 38.1 Å². The highest BCUT2D eigenvalue weighted by Crippen LogP contribution is 2.31. The van der Waals surface area contributed by atoms with Gasteiger partial charge in [-0.05, 0) is 38.1 Å². The van der Waals surface area contributed by atoms with Crippen LogP contribution in [0.15, 0.2) is 53.2 Å². The molecule has 2 heterocycles. The van der Waals surface area contributed by atoms with E-state index >= 15 is 0 Å². The molecule has 1 N–H and O–H groups in total. The predicted octanol–water partition coefficient (Wildman–Crippen LogP) is 3.72. The topological polar surface area (TPSA) is 64.4 Å². The maximum atomic E-state index is 12.2. The first kappa shape index (κ1) is 15.1. The summed E-state index contributed by atoms with van der Waals surface area (Å²) in [6.07, 6.45) is 3.17. The van der Waals surface area contributed by atoms with Gasteiger partial charge in [0.25, 0.3) is 5.91 Å². The highest BCUT2D eigenvalue weighted by Gasteiger charge is 2.17. The summed E-state index contributed by atoms with van der Waals surface area (Å²) in [7, 11) is 0. The first-order valence-corrected chi connectivity index (χ1v) is 7.55. The van der Waals surface area contributed by atoms with Gasteiger partial charge in [0.2, 0.25) is 0 Å². The Kier molecular flexibility index (Phi) is 4.28. The number of nitrogens with one attached hydrogen (secondary N) is 1.